The van der Waals surface area contributed by atoms with Crippen LogP contribution in [0.2, 0.25) is 0 Å². The maximum atomic E-state index is 11.0. The Bertz CT molecular complexity index is 645. The second-order valence-corrected chi connectivity index (χ2v) is 5.50. The van der Waals surface area contributed by atoms with Gasteiger partial charge in [-0.25, -0.2) is 0 Å². The molecule has 0 spiro atoms. The summed E-state index contributed by atoms with van der Waals surface area (Å²) in [6.45, 7) is 0. The molecule has 0 bridgehead atoms. The predicted octanol–water partition coefficient (Wildman–Crippen LogP) is 3.30. The molecule has 1 aliphatic rings. The molecule has 1 aromatic heterocycles. The van der Waals surface area contributed by atoms with E-state index in [0.29, 0.717) is 5.92 Å². The van der Waals surface area contributed by atoms with Gasteiger partial charge in [0.1, 0.15) is 5.75 Å². The highest BCUT2D eigenvalue weighted by Crippen LogP contribution is 2.35. The number of aromatic hydroxyl groups is 1. The molecule has 1 saturated carbocycles. The molecule has 0 radical (unpaired) electrons. The average molecular weight is 271 g/mol. The molecular weight excluding hydrogens is 254 g/mol. The second-order valence-electron chi connectivity index (χ2n) is 5.50. The van der Waals surface area contributed by atoms with E-state index in [1.165, 1.54) is 0 Å². The zero-order valence-electron chi connectivity index (χ0n) is 11.1. The minimum atomic E-state index is -0.676. The summed E-state index contributed by atoms with van der Waals surface area (Å²) in [5.74, 6) is -0.271. The second kappa shape index (κ2) is 5.12. The van der Waals surface area contributed by atoms with Crippen LogP contribution in [0.25, 0.3) is 10.9 Å². The van der Waals surface area contributed by atoms with E-state index in [9.17, 15) is 9.90 Å². The van der Waals surface area contributed by atoms with Crippen molar-refractivity contribution in [3.8, 4) is 5.75 Å². The van der Waals surface area contributed by atoms with Crippen LogP contribution in [0.4, 0.5) is 0 Å². The number of rotatable bonds is 2. The average Bonchev–Trinajstić information content (AvgIpc) is 2.47. The van der Waals surface area contributed by atoms with Crippen molar-refractivity contribution >= 4 is 16.9 Å². The fraction of sp³-hybridized carbons (Fsp3) is 0.375. The van der Waals surface area contributed by atoms with E-state index in [-0.39, 0.29) is 11.7 Å². The lowest BCUT2D eigenvalue weighted by molar-refractivity contribution is -0.142. The predicted molar refractivity (Wildman–Crippen MR) is 75.7 cm³/mol. The summed E-state index contributed by atoms with van der Waals surface area (Å²) >= 11 is 0. The van der Waals surface area contributed by atoms with Gasteiger partial charge in [0.15, 0.2) is 0 Å². The van der Waals surface area contributed by atoms with Crippen LogP contribution in [0, 0.1) is 5.92 Å². The number of pyridine rings is 1. The Morgan fingerprint density at radius 2 is 1.85 bits per heavy atom. The van der Waals surface area contributed by atoms with Gasteiger partial charge in [0.25, 0.3) is 0 Å². The molecule has 0 saturated heterocycles. The lowest BCUT2D eigenvalue weighted by Gasteiger charge is -2.25. The van der Waals surface area contributed by atoms with E-state index in [1.807, 2.05) is 18.2 Å². The third-order valence-corrected chi connectivity index (χ3v) is 4.19. The molecule has 0 aliphatic heterocycles. The first-order valence-corrected chi connectivity index (χ1v) is 6.96. The quantitative estimate of drug-likeness (QED) is 0.879. The Labute approximate surface area is 117 Å². The number of fused-ring (bicyclic) bond motifs is 1. The lowest BCUT2D eigenvalue weighted by atomic mass is 9.80. The van der Waals surface area contributed by atoms with E-state index < -0.39 is 5.97 Å². The van der Waals surface area contributed by atoms with Gasteiger partial charge in [0, 0.05) is 17.0 Å². The Kier molecular flexibility index (Phi) is 3.30. The van der Waals surface area contributed by atoms with Gasteiger partial charge in [-0.2, -0.15) is 0 Å². The molecule has 20 heavy (non-hydrogen) atoms. The van der Waals surface area contributed by atoms with Crippen LogP contribution in [-0.4, -0.2) is 21.2 Å². The van der Waals surface area contributed by atoms with Crippen molar-refractivity contribution in [3.05, 3.63) is 36.0 Å². The van der Waals surface area contributed by atoms with Crippen LogP contribution in [0.1, 0.15) is 37.3 Å². The fourth-order valence-corrected chi connectivity index (χ4v) is 2.99. The standard InChI is InChI=1S/C16H17NO3/c18-13-6-8-15-12(9-13)5-7-14(17-15)10-1-3-11(4-2-10)16(19)20/h5-11,18H,1-4H2,(H,19,20)/t10-,11+. The Morgan fingerprint density at radius 1 is 1.10 bits per heavy atom. The van der Waals surface area contributed by atoms with Crippen molar-refractivity contribution in [2.45, 2.75) is 31.6 Å². The normalized spacial score (nSPS) is 22.8. The first-order chi connectivity index (χ1) is 9.63. The Hall–Kier alpha value is -2.10. The largest absolute Gasteiger partial charge is 0.508 e. The van der Waals surface area contributed by atoms with Crippen molar-refractivity contribution in [3.63, 3.8) is 0 Å². The molecule has 3 rings (SSSR count). The number of carbonyl (C=O) groups is 1. The molecular formula is C16H17NO3. The molecule has 2 N–H and O–H groups in total. The van der Waals surface area contributed by atoms with Crippen LogP contribution in [-0.2, 0) is 4.79 Å². The summed E-state index contributed by atoms with van der Waals surface area (Å²) in [6.07, 6.45) is 3.23. The van der Waals surface area contributed by atoms with Crippen molar-refractivity contribution in [1.29, 1.82) is 0 Å². The maximum Gasteiger partial charge on any atom is 0.306 e. The lowest BCUT2D eigenvalue weighted by Crippen LogP contribution is -2.20. The number of phenolic OH excluding ortho intramolecular Hbond substituents is 1. The van der Waals surface area contributed by atoms with Gasteiger partial charge in [-0.1, -0.05) is 6.07 Å². The van der Waals surface area contributed by atoms with Crippen LogP contribution >= 0.6 is 0 Å². The van der Waals surface area contributed by atoms with Gasteiger partial charge in [-0.05, 0) is 49.9 Å². The fourth-order valence-electron chi connectivity index (χ4n) is 2.99. The summed E-state index contributed by atoms with van der Waals surface area (Å²) < 4.78 is 0. The summed E-state index contributed by atoms with van der Waals surface area (Å²) in [5, 5.41) is 19.4. The van der Waals surface area contributed by atoms with E-state index in [4.69, 9.17) is 5.11 Å². The number of hydrogen-bond donors (Lipinski definition) is 2. The minimum absolute atomic E-state index is 0.191. The summed E-state index contributed by atoms with van der Waals surface area (Å²) in [6, 6.07) is 9.12. The molecule has 4 heteroatoms. The highest BCUT2D eigenvalue weighted by atomic mass is 16.4. The SMILES string of the molecule is O=C(O)[C@H]1CC[C@@H](c2ccc3cc(O)ccc3n2)CC1. The van der Waals surface area contributed by atoms with Gasteiger partial charge in [-0.15, -0.1) is 0 Å². The van der Waals surface area contributed by atoms with E-state index in [0.717, 1.165) is 42.3 Å². The van der Waals surface area contributed by atoms with Crippen LogP contribution in [0.3, 0.4) is 0 Å². The zero-order chi connectivity index (χ0) is 14.1. The smallest absolute Gasteiger partial charge is 0.306 e. The monoisotopic (exact) mass is 271 g/mol. The van der Waals surface area contributed by atoms with Crippen LogP contribution in [0.5, 0.6) is 5.75 Å². The van der Waals surface area contributed by atoms with E-state index >= 15 is 0 Å². The summed E-state index contributed by atoms with van der Waals surface area (Å²) in [4.78, 5) is 15.6. The topological polar surface area (TPSA) is 70.4 Å². The number of carboxylic acid groups (broad SMARTS) is 1. The van der Waals surface area contributed by atoms with Crippen molar-refractivity contribution in [1.82, 2.24) is 4.98 Å². The molecule has 1 fully saturated rings. The first-order valence-electron chi connectivity index (χ1n) is 6.96. The molecule has 2 aromatic rings. The summed E-state index contributed by atoms with van der Waals surface area (Å²) in [5.41, 5.74) is 1.91. The number of aliphatic carboxylic acids is 1. The highest BCUT2D eigenvalue weighted by molar-refractivity contribution is 5.80. The first kappa shape index (κ1) is 12.9. The third kappa shape index (κ3) is 2.46. The Morgan fingerprint density at radius 3 is 2.55 bits per heavy atom. The summed E-state index contributed by atoms with van der Waals surface area (Å²) in [7, 11) is 0. The van der Waals surface area contributed by atoms with Gasteiger partial charge in [-0.3, -0.25) is 9.78 Å². The van der Waals surface area contributed by atoms with E-state index in [1.54, 1.807) is 12.1 Å². The van der Waals surface area contributed by atoms with Crippen molar-refractivity contribution < 1.29 is 15.0 Å². The Balaban J connectivity index is 1.81. The van der Waals surface area contributed by atoms with Crippen molar-refractivity contribution in [2.75, 3.05) is 0 Å². The molecule has 1 aliphatic carbocycles. The van der Waals surface area contributed by atoms with Crippen LogP contribution in [0.15, 0.2) is 30.3 Å². The number of hydrogen-bond acceptors (Lipinski definition) is 3. The number of phenols is 1. The molecule has 0 amide bonds. The maximum absolute atomic E-state index is 11.0. The molecule has 0 atom stereocenters. The number of aromatic nitrogens is 1. The molecule has 1 heterocycles. The van der Waals surface area contributed by atoms with E-state index in [2.05, 4.69) is 4.98 Å². The third-order valence-electron chi connectivity index (χ3n) is 4.19. The number of benzene rings is 1. The molecule has 1 aromatic carbocycles. The van der Waals surface area contributed by atoms with Crippen molar-refractivity contribution in [2.24, 2.45) is 5.92 Å². The van der Waals surface area contributed by atoms with Gasteiger partial charge in [0.2, 0.25) is 0 Å². The molecule has 4 nitrogen and oxygen atoms in total. The molecule has 104 valence electrons. The van der Waals surface area contributed by atoms with Gasteiger partial charge in [0.05, 0.1) is 11.4 Å². The minimum Gasteiger partial charge on any atom is -0.508 e. The molecule has 0 unspecified atom stereocenters. The zero-order valence-corrected chi connectivity index (χ0v) is 11.1. The highest BCUT2D eigenvalue weighted by Gasteiger charge is 2.27. The van der Waals surface area contributed by atoms with Gasteiger partial charge >= 0.3 is 5.97 Å². The van der Waals surface area contributed by atoms with Gasteiger partial charge < -0.3 is 10.2 Å². The number of carboxylic acids is 1. The number of nitrogens with zero attached hydrogens (tertiary/aromatic N) is 1. The van der Waals surface area contributed by atoms with Crippen LogP contribution < -0.4 is 0 Å².